The molecule has 0 spiro atoms. The molecule has 1 aromatic rings. The molecular formula is C29H42O3. The predicted octanol–water partition coefficient (Wildman–Crippen LogP) is 7.12. The average Bonchev–Trinajstić information content (AvgIpc) is 3.10. The van der Waals surface area contributed by atoms with Gasteiger partial charge in [-0.05, 0) is 97.8 Å². The molecule has 0 bridgehead atoms. The summed E-state index contributed by atoms with van der Waals surface area (Å²) < 4.78 is 5.62. The van der Waals surface area contributed by atoms with Crippen LogP contribution in [0.5, 0.6) is 5.75 Å². The second kappa shape index (κ2) is 10.5. The van der Waals surface area contributed by atoms with Crippen LogP contribution >= 0.6 is 0 Å². The van der Waals surface area contributed by atoms with E-state index in [-0.39, 0.29) is 17.5 Å². The lowest BCUT2D eigenvalue weighted by atomic mass is 9.55. The van der Waals surface area contributed by atoms with Crippen molar-refractivity contribution < 1.29 is 14.6 Å². The van der Waals surface area contributed by atoms with Gasteiger partial charge in [0.1, 0.15) is 5.75 Å². The first-order valence-electron chi connectivity index (χ1n) is 13.2. The smallest absolute Gasteiger partial charge is 0.335 e. The molecule has 0 aliphatic heterocycles. The summed E-state index contributed by atoms with van der Waals surface area (Å²) >= 11 is 0. The minimum atomic E-state index is -0.266. The quantitative estimate of drug-likeness (QED) is 0.193. The van der Waals surface area contributed by atoms with Crippen LogP contribution < -0.4 is 4.74 Å². The molecule has 3 aliphatic carbocycles. The molecule has 0 heterocycles. The van der Waals surface area contributed by atoms with Crippen LogP contribution in [0, 0.1) is 17.3 Å². The molecule has 3 heteroatoms. The molecule has 0 saturated heterocycles. The second-order valence-electron chi connectivity index (χ2n) is 10.8. The number of benzene rings is 1. The van der Waals surface area contributed by atoms with Crippen molar-refractivity contribution in [1.82, 2.24) is 0 Å². The molecule has 0 amide bonds. The maximum atomic E-state index is 12.2. The lowest BCUT2D eigenvalue weighted by Crippen LogP contribution is -2.43. The van der Waals surface area contributed by atoms with E-state index in [1.807, 2.05) is 12.1 Å². The molecule has 32 heavy (non-hydrogen) atoms. The van der Waals surface area contributed by atoms with E-state index in [1.165, 1.54) is 62.5 Å². The van der Waals surface area contributed by atoms with Gasteiger partial charge in [0.05, 0.1) is 6.10 Å². The van der Waals surface area contributed by atoms with Gasteiger partial charge >= 0.3 is 5.97 Å². The minimum absolute atomic E-state index is 0.120. The first-order valence-corrected chi connectivity index (χ1v) is 13.2. The third-order valence-electron chi connectivity index (χ3n) is 8.84. The van der Waals surface area contributed by atoms with Gasteiger partial charge in [-0.15, -0.1) is 0 Å². The summed E-state index contributed by atoms with van der Waals surface area (Å²) in [5.41, 5.74) is 2.94. The summed E-state index contributed by atoms with van der Waals surface area (Å²) in [6, 6.07) is 6.29. The van der Waals surface area contributed by atoms with E-state index in [2.05, 4.69) is 26.0 Å². The van der Waals surface area contributed by atoms with Crippen LogP contribution in [-0.4, -0.2) is 17.2 Å². The van der Waals surface area contributed by atoms with E-state index < -0.39 is 0 Å². The average molecular weight is 439 g/mol. The van der Waals surface area contributed by atoms with Gasteiger partial charge in [0.2, 0.25) is 0 Å². The molecule has 4 rings (SSSR count). The maximum Gasteiger partial charge on any atom is 0.335 e. The zero-order valence-electron chi connectivity index (χ0n) is 20.2. The molecule has 2 fully saturated rings. The van der Waals surface area contributed by atoms with Crippen LogP contribution in [0.4, 0.5) is 0 Å². The van der Waals surface area contributed by atoms with Crippen molar-refractivity contribution in [2.45, 2.75) is 109 Å². The molecule has 0 radical (unpaired) electrons. The fourth-order valence-corrected chi connectivity index (χ4v) is 6.97. The molecule has 3 aliphatic rings. The van der Waals surface area contributed by atoms with E-state index in [4.69, 9.17) is 4.74 Å². The number of aliphatic hydroxyl groups excluding tert-OH is 1. The van der Waals surface area contributed by atoms with Gasteiger partial charge in [-0.25, -0.2) is 4.79 Å². The number of ether oxygens (including phenoxy) is 1. The Hall–Kier alpha value is -1.61. The molecule has 5 atom stereocenters. The largest absolute Gasteiger partial charge is 0.423 e. The van der Waals surface area contributed by atoms with E-state index in [9.17, 15) is 9.90 Å². The number of esters is 1. The SMILES string of the molecule is CCCCCCCCC=CC(=O)Oc1ccc2c(c1)CC[C@@H]1[C@@H]2CC[C@]2(C)[C@@H](O)CC[C@@H]12. The third-order valence-corrected chi connectivity index (χ3v) is 8.84. The molecular weight excluding hydrogens is 396 g/mol. The van der Waals surface area contributed by atoms with Gasteiger partial charge in [0.25, 0.3) is 0 Å². The van der Waals surface area contributed by atoms with Crippen molar-refractivity contribution in [1.29, 1.82) is 0 Å². The lowest BCUT2D eigenvalue weighted by molar-refractivity contribution is -0.129. The Morgan fingerprint density at radius 3 is 2.78 bits per heavy atom. The van der Waals surface area contributed by atoms with Crippen molar-refractivity contribution >= 4 is 5.97 Å². The lowest BCUT2D eigenvalue weighted by Gasteiger charge is -2.50. The van der Waals surface area contributed by atoms with Crippen molar-refractivity contribution in [3.8, 4) is 5.75 Å². The summed E-state index contributed by atoms with van der Waals surface area (Å²) in [6.07, 6.45) is 18.7. The summed E-state index contributed by atoms with van der Waals surface area (Å²) in [5, 5.41) is 10.6. The zero-order valence-corrected chi connectivity index (χ0v) is 20.2. The fourth-order valence-electron chi connectivity index (χ4n) is 6.97. The number of aryl methyl sites for hydroxylation is 1. The van der Waals surface area contributed by atoms with Crippen molar-refractivity contribution in [3.63, 3.8) is 0 Å². The number of carbonyl (C=O) groups is 1. The highest BCUT2D eigenvalue weighted by Gasteiger charge is 2.54. The van der Waals surface area contributed by atoms with Crippen molar-refractivity contribution in [2.24, 2.45) is 17.3 Å². The number of allylic oxidation sites excluding steroid dienone is 1. The number of fused-ring (bicyclic) bond motifs is 5. The molecule has 1 aromatic carbocycles. The van der Waals surface area contributed by atoms with Crippen LogP contribution in [-0.2, 0) is 11.2 Å². The Morgan fingerprint density at radius 2 is 1.94 bits per heavy atom. The van der Waals surface area contributed by atoms with Gasteiger partial charge in [-0.3, -0.25) is 0 Å². The fraction of sp³-hybridized carbons (Fsp3) is 0.690. The maximum absolute atomic E-state index is 12.2. The van der Waals surface area contributed by atoms with E-state index in [0.29, 0.717) is 23.5 Å². The van der Waals surface area contributed by atoms with E-state index in [0.717, 1.165) is 32.1 Å². The number of carbonyl (C=O) groups excluding carboxylic acids is 1. The highest BCUT2D eigenvalue weighted by molar-refractivity contribution is 5.84. The Balaban J connectivity index is 1.30. The molecule has 0 aromatic heterocycles. The van der Waals surface area contributed by atoms with E-state index in [1.54, 1.807) is 6.08 Å². The normalized spacial score (nSPS) is 31.2. The van der Waals surface area contributed by atoms with Gasteiger partial charge in [-0.2, -0.15) is 0 Å². The minimum Gasteiger partial charge on any atom is -0.423 e. The van der Waals surface area contributed by atoms with Gasteiger partial charge in [0, 0.05) is 6.08 Å². The van der Waals surface area contributed by atoms with Gasteiger partial charge < -0.3 is 9.84 Å². The topological polar surface area (TPSA) is 46.5 Å². The molecule has 0 unspecified atom stereocenters. The first-order chi connectivity index (χ1) is 15.5. The van der Waals surface area contributed by atoms with Gasteiger partial charge in [0.15, 0.2) is 0 Å². The van der Waals surface area contributed by atoms with E-state index >= 15 is 0 Å². The number of aliphatic hydroxyl groups is 1. The van der Waals surface area contributed by atoms with Crippen LogP contribution in [0.2, 0.25) is 0 Å². The van der Waals surface area contributed by atoms with Crippen molar-refractivity contribution in [2.75, 3.05) is 0 Å². The summed E-state index contributed by atoms with van der Waals surface area (Å²) in [6.45, 7) is 4.56. The number of rotatable bonds is 9. The Kier molecular flexibility index (Phi) is 7.76. The van der Waals surface area contributed by atoms with Crippen LogP contribution in [0.15, 0.2) is 30.4 Å². The Labute approximate surface area is 194 Å². The Bertz CT molecular complexity index is 813. The van der Waals surface area contributed by atoms with Crippen LogP contribution in [0.1, 0.15) is 108 Å². The molecule has 176 valence electrons. The predicted molar refractivity (Wildman–Crippen MR) is 130 cm³/mol. The van der Waals surface area contributed by atoms with Crippen LogP contribution in [0.3, 0.4) is 0 Å². The molecule has 3 nitrogen and oxygen atoms in total. The highest BCUT2D eigenvalue weighted by Crippen LogP contribution is 2.60. The summed E-state index contributed by atoms with van der Waals surface area (Å²) in [5.74, 6) is 2.35. The highest BCUT2D eigenvalue weighted by atomic mass is 16.5. The Morgan fingerprint density at radius 1 is 1.12 bits per heavy atom. The van der Waals surface area contributed by atoms with Crippen LogP contribution in [0.25, 0.3) is 0 Å². The first kappa shape index (κ1) is 23.5. The van der Waals surface area contributed by atoms with Gasteiger partial charge in [-0.1, -0.05) is 58.1 Å². The molecule has 2 saturated carbocycles. The summed E-state index contributed by atoms with van der Waals surface area (Å²) in [7, 11) is 0. The van der Waals surface area contributed by atoms with Crippen molar-refractivity contribution in [3.05, 3.63) is 41.5 Å². The summed E-state index contributed by atoms with van der Waals surface area (Å²) in [4.78, 5) is 12.2. The monoisotopic (exact) mass is 438 g/mol. The molecule has 1 N–H and O–H groups in total. The third kappa shape index (κ3) is 4.98. The second-order valence-corrected chi connectivity index (χ2v) is 10.8. The zero-order chi connectivity index (χ0) is 22.6. The number of unbranched alkanes of at least 4 members (excludes halogenated alkanes) is 6. The standard InChI is InChI=1S/C29H42O3/c1-3-4-5-6-7-8-9-10-11-28(31)32-22-13-15-23-21(20-22)12-14-25-24(23)18-19-29(2)26(25)16-17-27(29)30/h10-11,13,15,20,24-27,30H,3-9,12,14,16-19H2,1-2H3/t24-,25-,26+,27+,29+/m1/s1. The number of hydrogen-bond acceptors (Lipinski definition) is 3. The number of hydrogen-bond donors (Lipinski definition) is 1.